The van der Waals surface area contributed by atoms with Crippen molar-refractivity contribution < 1.29 is 0 Å². The van der Waals surface area contributed by atoms with Crippen LogP contribution < -0.4 is 5.73 Å². The number of nitrogens with two attached hydrogens (primary N) is 1. The maximum atomic E-state index is 9.18. The average Bonchev–Trinajstić information content (AvgIpc) is 2.59. The van der Waals surface area contributed by atoms with Gasteiger partial charge in [-0.3, -0.25) is 0 Å². The van der Waals surface area contributed by atoms with Gasteiger partial charge in [-0.25, -0.2) is 0 Å². The van der Waals surface area contributed by atoms with Gasteiger partial charge in [-0.2, -0.15) is 5.26 Å². The Labute approximate surface area is 121 Å². The molecule has 2 aromatic rings. The van der Waals surface area contributed by atoms with Gasteiger partial charge in [0.1, 0.15) is 11.9 Å². The van der Waals surface area contributed by atoms with Gasteiger partial charge in [0, 0.05) is 10.2 Å². The van der Waals surface area contributed by atoms with Crippen molar-refractivity contribution >= 4 is 21.7 Å². The van der Waals surface area contributed by atoms with E-state index in [1.807, 2.05) is 30.5 Å². The third kappa shape index (κ3) is 2.26. The molecule has 0 spiro atoms. The Bertz CT molecular complexity index is 665. The Morgan fingerprint density at radius 3 is 2.58 bits per heavy atom. The summed E-state index contributed by atoms with van der Waals surface area (Å²) in [7, 11) is 0. The predicted octanol–water partition coefficient (Wildman–Crippen LogP) is 3.93. The molecule has 0 saturated heterocycles. The molecule has 98 valence electrons. The first-order valence-corrected chi connectivity index (χ1v) is 6.89. The first kappa shape index (κ1) is 13.7. The Hall–Kier alpha value is -1.73. The van der Waals surface area contributed by atoms with Crippen molar-refractivity contribution in [1.82, 2.24) is 4.57 Å². The van der Waals surface area contributed by atoms with Crippen molar-refractivity contribution in [3.05, 3.63) is 51.1 Å². The van der Waals surface area contributed by atoms with E-state index in [9.17, 15) is 5.26 Å². The monoisotopic (exact) mass is 317 g/mol. The van der Waals surface area contributed by atoms with Crippen LogP contribution in [0, 0.1) is 25.2 Å². The number of nitriles is 1. The van der Waals surface area contributed by atoms with E-state index in [0.29, 0.717) is 11.4 Å². The van der Waals surface area contributed by atoms with E-state index in [-0.39, 0.29) is 6.04 Å². The third-order valence-electron chi connectivity index (χ3n) is 3.62. The van der Waals surface area contributed by atoms with Crippen LogP contribution in [0.1, 0.15) is 35.3 Å². The van der Waals surface area contributed by atoms with Gasteiger partial charge in [0.15, 0.2) is 0 Å². The highest BCUT2D eigenvalue weighted by molar-refractivity contribution is 9.10. The van der Waals surface area contributed by atoms with Gasteiger partial charge in [-0.15, -0.1) is 0 Å². The molecule has 1 aromatic carbocycles. The number of halogens is 1. The van der Waals surface area contributed by atoms with Crippen LogP contribution in [0.15, 0.2) is 28.7 Å². The van der Waals surface area contributed by atoms with E-state index < -0.39 is 0 Å². The van der Waals surface area contributed by atoms with Gasteiger partial charge < -0.3 is 10.3 Å². The molecule has 0 aliphatic heterocycles. The molecule has 3 nitrogen and oxygen atoms in total. The summed E-state index contributed by atoms with van der Waals surface area (Å²) in [5.74, 6) is 0.546. The average molecular weight is 318 g/mol. The second kappa shape index (κ2) is 5.10. The Morgan fingerprint density at radius 2 is 2.05 bits per heavy atom. The number of nitrogen functional groups attached to an aromatic ring is 1. The van der Waals surface area contributed by atoms with E-state index in [4.69, 9.17) is 5.73 Å². The minimum Gasteiger partial charge on any atom is -0.384 e. The molecular weight excluding hydrogens is 302 g/mol. The first-order valence-electron chi connectivity index (χ1n) is 6.09. The van der Waals surface area contributed by atoms with Crippen molar-refractivity contribution in [2.75, 3.05) is 5.73 Å². The van der Waals surface area contributed by atoms with Crippen LogP contribution in [0.2, 0.25) is 0 Å². The highest BCUT2D eigenvalue weighted by Crippen LogP contribution is 2.31. The number of benzene rings is 1. The summed E-state index contributed by atoms with van der Waals surface area (Å²) in [5.41, 5.74) is 9.86. The standard InChI is InChI=1S/C15H16BrN3/c1-9-10(2)19(15(18)14(9)8-17)11(3)12-5-4-6-13(16)7-12/h4-7,11H,18H2,1-3H3. The SMILES string of the molecule is Cc1c(C#N)c(N)n(C(C)c2cccc(Br)c2)c1C. The summed E-state index contributed by atoms with van der Waals surface area (Å²) in [6.45, 7) is 6.03. The summed E-state index contributed by atoms with van der Waals surface area (Å²) >= 11 is 3.48. The number of aromatic nitrogens is 1. The van der Waals surface area contributed by atoms with Crippen molar-refractivity contribution in [2.24, 2.45) is 0 Å². The zero-order valence-electron chi connectivity index (χ0n) is 11.2. The van der Waals surface area contributed by atoms with Crippen LogP contribution in [-0.2, 0) is 0 Å². The minimum atomic E-state index is 0.0956. The zero-order chi connectivity index (χ0) is 14.2. The lowest BCUT2D eigenvalue weighted by atomic mass is 10.1. The minimum absolute atomic E-state index is 0.0956. The van der Waals surface area contributed by atoms with E-state index in [1.165, 1.54) is 0 Å². The van der Waals surface area contributed by atoms with E-state index >= 15 is 0 Å². The summed E-state index contributed by atoms with van der Waals surface area (Å²) in [6, 6.07) is 10.4. The molecule has 1 aromatic heterocycles. The molecule has 0 radical (unpaired) electrons. The van der Waals surface area contributed by atoms with E-state index in [1.54, 1.807) is 0 Å². The van der Waals surface area contributed by atoms with E-state index in [2.05, 4.69) is 41.1 Å². The fourth-order valence-electron chi connectivity index (χ4n) is 2.41. The second-order valence-corrected chi connectivity index (χ2v) is 5.60. The third-order valence-corrected chi connectivity index (χ3v) is 4.12. The fraction of sp³-hybridized carbons (Fsp3) is 0.267. The van der Waals surface area contributed by atoms with Crippen LogP contribution in [0.3, 0.4) is 0 Å². The highest BCUT2D eigenvalue weighted by Gasteiger charge is 2.19. The summed E-state index contributed by atoms with van der Waals surface area (Å²) in [6.07, 6.45) is 0. The Kier molecular flexibility index (Phi) is 3.68. The number of rotatable bonds is 2. The first-order chi connectivity index (χ1) is 8.97. The molecule has 0 saturated carbocycles. The lowest BCUT2D eigenvalue weighted by Gasteiger charge is -2.19. The van der Waals surface area contributed by atoms with E-state index in [0.717, 1.165) is 21.3 Å². The Morgan fingerprint density at radius 1 is 1.37 bits per heavy atom. The molecule has 2 N–H and O–H groups in total. The largest absolute Gasteiger partial charge is 0.384 e. The second-order valence-electron chi connectivity index (χ2n) is 4.68. The van der Waals surface area contributed by atoms with Crippen LogP contribution in [0.5, 0.6) is 0 Å². The molecule has 19 heavy (non-hydrogen) atoms. The predicted molar refractivity (Wildman–Crippen MR) is 81.0 cm³/mol. The van der Waals surface area contributed by atoms with Crippen LogP contribution in [0.4, 0.5) is 5.82 Å². The lowest BCUT2D eigenvalue weighted by Crippen LogP contribution is -2.11. The van der Waals surface area contributed by atoms with Crippen LogP contribution in [0.25, 0.3) is 0 Å². The topological polar surface area (TPSA) is 54.7 Å². The van der Waals surface area contributed by atoms with Crippen LogP contribution >= 0.6 is 15.9 Å². The van der Waals surface area contributed by atoms with Crippen molar-refractivity contribution in [3.63, 3.8) is 0 Å². The molecule has 0 amide bonds. The molecule has 2 rings (SSSR count). The molecule has 0 aliphatic rings. The molecule has 0 bridgehead atoms. The van der Waals surface area contributed by atoms with Crippen molar-refractivity contribution in [2.45, 2.75) is 26.8 Å². The number of nitrogens with zero attached hydrogens (tertiary/aromatic N) is 2. The molecule has 0 aliphatic carbocycles. The number of hydrogen-bond acceptors (Lipinski definition) is 2. The quantitative estimate of drug-likeness (QED) is 0.912. The molecular formula is C15H16BrN3. The normalized spacial score (nSPS) is 12.2. The van der Waals surface area contributed by atoms with Gasteiger partial charge in [-0.1, -0.05) is 28.1 Å². The molecule has 4 heteroatoms. The maximum Gasteiger partial charge on any atom is 0.122 e. The van der Waals surface area contributed by atoms with Crippen molar-refractivity contribution in [3.8, 4) is 6.07 Å². The summed E-state index contributed by atoms with van der Waals surface area (Å²) in [4.78, 5) is 0. The van der Waals surface area contributed by atoms with Crippen LogP contribution in [-0.4, -0.2) is 4.57 Å². The van der Waals surface area contributed by atoms with Gasteiger partial charge in [0.2, 0.25) is 0 Å². The smallest absolute Gasteiger partial charge is 0.122 e. The van der Waals surface area contributed by atoms with Gasteiger partial charge >= 0.3 is 0 Å². The molecule has 1 atom stereocenters. The molecule has 1 heterocycles. The van der Waals surface area contributed by atoms with Gasteiger partial charge in [0.25, 0.3) is 0 Å². The van der Waals surface area contributed by atoms with Gasteiger partial charge in [0.05, 0.1) is 11.6 Å². The fourth-order valence-corrected chi connectivity index (χ4v) is 2.83. The highest BCUT2D eigenvalue weighted by atomic mass is 79.9. The summed E-state index contributed by atoms with van der Waals surface area (Å²) < 4.78 is 3.06. The molecule has 1 unspecified atom stereocenters. The number of hydrogen-bond donors (Lipinski definition) is 1. The lowest BCUT2D eigenvalue weighted by molar-refractivity contribution is 0.633. The summed E-state index contributed by atoms with van der Waals surface area (Å²) in [5, 5.41) is 9.18. The van der Waals surface area contributed by atoms with Gasteiger partial charge in [-0.05, 0) is 44.0 Å². The number of anilines is 1. The maximum absolute atomic E-state index is 9.18. The zero-order valence-corrected chi connectivity index (χ0v) is 12.8. The molecule has 0 fully saturated rings. The van der Waals surface area contributed by atoms with Crippen molar-refractivity contribution in [1.29, 1.82) is 5.26 Å². The Balaban J connectivity index is 2.57.